The van der Waals surface area contributed by atoms with Gasteiger partial charge in [-0.2, -0.15) is 0 Å². The highest BCUT2D eigenvalue weighted by atomic mass is 28.4. The highest BCUT2D eigenvalue weighted by Gasteiger charge is 2.45. The highest BCUT2D eigenvalue weighted by Crippen LogP contribution is 2.11. The molecule has 152 valence electrons. The second-order valence-electron chi connectivity index (χ2n) is 6.92. The van der Waals surface area contributed by atoms with E-state index in [1.165, 1.54) is 0 Å². The first-order chi connectivity index (χ1) is 14.5. The van der Waals surface area contributed by atoms with Gasteiger partial charge in [-0.15, -0.1) is 0 Å². The van der Waals surface area contributed by atoms with Crippen molar-refractivity contribution >= 4 is 35.8 Å². The standard InChI is InChI=1S/C25H24O4Si/c1-20(2)25(27)28-19-18-24(26)29-30(21-12-6-3-7-13-21,22-14-8-4-9-15-22)23-16-10-5-11-17-23/h3-17H,1,18-19H2,2H3. The quantitative estimate of drug-likeness (QED) is 0.245. The third kappa shape index (κ3) is 4.75. The van der Waals surface area contributed by atoms with E-state index in [0.29, 0.717) is 5.57 Å². The number of benzene rings is 3. The van der Waals surface area contributed by atoms with Crippen molar-refractivity contribution in [1.29, 1.82) is 0 Å². The van der Waals surface area contributed by atoms with Crippen molar-refractivity contribution in [1.82, 2.24) is 0 Å². The summed E-state index contributed by atoms with van der Waals surface area (Å²) in [7, 11) is -3.09. The summed E-state index contributed by atoms with van der Waals surface area (Å²) in [6, 6.07) is 29.5. The Hall–Kier alpha value is -3.44. The summed E-state index contributed by atoms with van der Waals surface area (Å²) < 4.78 is 11.4. The van der Waals surface area contributed by atoms with Gasteiger partial charge in [0.05, 0.1) is 6.42 Å². The summed E-state index contributed by atoms with van der Waals surface area (Å²) in [6.07, 6.45) is -0.0275. The van der Waals surface area contributed by atoms with Crippen LogP contribution < -0.4 is 15.6 Å². The molecular weight excluding hydrogens is 392 g/mol. The van der Waals surface area contributed by atoms with Crippen LogP contribution in [0.3, 0.4) is 0 Å². The first-order valence-corrected chi connectivity index (χ1v) is 11.7. The molecule has 0 N–H and O–H groups in total. The van der Waals surface area contributed by atoms with E-state index in [2.05, 4.69) is 6.58 Å². The topological polar surface area (TPSA) is 52.6 Å². The molecule has 0 aliphatic rings. The van der Waals surface area contributed by atoms with Gasteiger partial charge in [0, 0.05) is 5.57 Å². The fourth-order valence-electron chi connectivity index (χ4n) is 3.27. The SMILES string of the molecule is C=C(C)C(=O)OCCC(=O)O[Si](c1ccccc1)(c1ccccc1)c1ccccc1. The molecule has 0 saturated heterocycles. The van der Waals surface area contributed by atoms with Crippen molar-refractivity contribution in [2.45, 2.75) is 13.3 Å². The molecule has 0 aliphatic heterocycles. The maximum atomic E-state index is 12.9. The van der Waals surface area contributed by atoms with Crippen LogP contribution in [0, 0.1) is 0 Å². The van der Waals surface area contributed by atoms with Crippen LogP contribution >= 0.6 is 0 Å². The number of ether oxygens (including phenoxy) is 1. The summed E-state index contributed by atoms with van der Waals surface area (Å²) in [6.45, 7) is 5.07. The molecule has 0 unspecified atom stereocenters. The molecule has 0 aliphatic carbocycles. The number of rotatable bonds is 8. The largest absolute Gasteiger partial charge is 0.505 e. The van der Waals surface area contributed by atoms with E-state index in [0.717, 1.165) is 15.6 Å². The van der Waals surface area contributed by atoms with Gasteiger partial charge in [0.1, 0.15) is 6.61 Å². The highest BCUT2D eigenvalue weighted by molar-refractivity contribution is 7.07. The van der Waals surface area contributed by atoms with Crippen LogP contribution in [-0.2, 0) is 18.8 Å². The minimum Gasteiger partial charge on any atom is -0.505 e. The van der Waals surface area contributed by atoms with Crippen LogP contribution in [0.15, 0.2) is 103 Å². The maximum Gasteiger partial charge on any atom is 0.350 e. The van der Waals surface area contributed by atoms with Gasteiger partial charge in [0.25, 0.3) is 5.97 Å². The molecule has 30 heavy (non-hydrogen) atoms. The molecular formula is C25H24O4Si. The molecule has 0 amide bonds. The van der Waals surface area contributed by atoms with E-state index in [1.807, 2.05) is 91.0 Å². The lowest BCUT2D eigenvalue weighted by Gasteiger charge is -2.32. The van der Waals surface area contributed by atoms with Crippen molar-refractivity contribution < 1.29 is 18.8 Å². The molecule has 5 heteroatoms. The molecule has 0 radical (unpaired) electrons. The van der Waals surface area contributed by atoms with Gasteiger partial charge in [-0.3, -0.25) is 4.79 Å². The Bertz CT molecular complexity index is 904. The Morgan fingerprint density at radius 2 is 1.17 bits per heavy atom. The lowest BCUT2D eigenvalue weighted by atomic mass is 10.3. The van der Waals surface area contributed by atoms with Crippen LogP contribution in [-0.4, -0.2) is 26.9 Å². The lowest BCUT2D eigenvalue weighted by molar-refractivity contribution is -0.142. The predicted octanol–water partition coefficient (Wildman–Crippen LogP) is 2.71. The van der Waals surface area contributed by atoms with Gasteiger partial charge in [-0.05, 0) is 22.5 Å². The van der Waals surface area contributed by atoms with E-state index in [1.54, 1.807) is 6.92 Å². The van der Waals surface area contributed by atoms with Gasteiger partial charge < -0.3 is 9.16 Å². The Morgan fingerprint density at radius 3 is 1.53 bits per heavy atom. The van der Waals surface area contributed by atoms with Crippen LogP contribution in [0.1, 0.15) is 13.3 Å². The predicted molar refractivity (Wildman–Crippen MR) is 120 cm³/mol. The number of hydrogen-bond acceptors (Lipinski definition) is 4. The van der Waals surface area contributed by atoms with E-state index in [9.17, 15) is 9.59 Å². The van der Waals surface area contributed by atoms with Crippen molar-refractivity contribution in [3.63, 3.8) is 0 Å². The number of esters is 1. The normalized spacial score (nSPS) is 10.8. The first kappa shape index (κ1) is 21.3. The summed E-state index contributed by atoms with van der Waals surface area (Å²) in [4.78, 5) is 24.5. The van der Waals surface area contributed by atoms with Crippen molar-refractivity contribution in [2.75, 3.05) is 6.61 Å². The number of hydrogen-bond donors (Lipinski definition) is 0. The minimum atomic E-state index is -3.09. The lowest BCUT2D eigenvalue weighted by Crippen LogP contribution is -2.70. The molecule has 3 rings (SSSR count). The fraction of sp³-hybridized carbons (Fsp3) is 0.120. The van der Waals surface area contributed by atoms with Gasteiger partial charge in [0.15, 0.2) is 0 Å². The molecule has 4 nitrogen and oxygen atoms in total. The average molecular weight is 417 g/mol. The summed E-state index contributed by atoms with van der Waals surface area (Å²) in [5, 5.41) is 2.90. The Morgan fingerprint density at radius 1 is 0.767 bits per heavy atom. The van der Waals surface area contributed by atoms with Gasteiger partial charge >= 0.3 is 14.3 Å². The van der Waals surface area contributed by atoms with Crippen molar-refractivity contribution in [3.05, 3.63) is 103 Å². The zero-order valence-corrected chi connectivity index (χ0v) is 17.9. The molecule has 0 spiro atoms. The first-order valence-electron chi connectivity index (χ1n) is 9.75. The Balaban J connectivity index is 2.00. The van der Waals surface area contributed by atoms with E-state index in [-0.39, 0.29) is 13.0 Å². The van der Waals surface area contributed by atoms with Gasteiger partial charge in [-0.25, -0.2) is 4.79 Å². The van der Waals surface area contributed by atoms with E-state index in [4.69, 9.17) is 9.16 Å². The van der Waals surface area contributed by atoms with E-state index >= 15 is 0 Å². The van der Waals surface area contributed by atoms with Gasteiger partial charge in [0.2, 0.25) is 0 Å². The molecule has 0 heterocycles. The smallest absolute Gasteiger partial charge is 0.350 e. The van der Waals surface area contributed by atoms with Crippen LogP contribution in [0.2, 0.25) is 0 Å². The zero-order valence-electron chi connectivity index (χ0n) is 16.9. The second kappa shape index (κ2) is 9.85. The second-order valence-corrected chi connectivity index (χ2v) is 10.2. The van der Waals surface area contributed by atoms with Gasteiger partial charge in [-0.1, -0.05) is 97.6 Å². The molecule has 0 atom stereocenters. The molecule has 0 aromatic heterocycles. The Labute approximate surface area is 177 Å². The molecule has 3 aromatic carbocycles. The Kier molecular flexibility index (Phi) is 6.98. The summed E-state index contributed by atoms with van der Waals surface area (Å²) in [5.74, 6) is -0.923. The number of carbonyl (C=O) groups is 2. The minimum absolute atomic E-state index is 0.0275. The van der Waals surface area contributed by atoms with Crippen LogP contribution in [0.5, 0.6) is 0 Å². The van der Waals surface area contributed by atoms with Crippen LogP contribution in [0.4, 0.5) is 0 Å². The number of carbonyl (C=O) groups excluding carboxylic acids is 2. The monoisotopic (exact) mass is 416 g/mol. The summed E-state index contributed by atoms with van der Waals surface area (Å²) in [5.41, 5.74) is 0.296. The zero-order chi connectivity index (χ0) is 21.4. The summed E-state index contributed by atoms with van der Waals surface area (Å²) >= 11 is 0. The molecule has 3 aromatic rings. The van der Waals surface area contributed by atoms with E-state index < -0.39 is 20.3 Å². The van der Waals surface area contributed by atoms with Crippen molar-refractivity contribution in [2.24, 2.45) is 0 Å². The average Bonchev–Trinajstić information content (AvgIpc) is 2.79. The third-order valence-corrected chi connectivity index (χ3v) is 8.67. The third-order valence-electron chi connectivity index (χ3n) is 4.70. The maximum absolute atomic E-state index is 12.9. The van der Waals surface area contributed by atoms with Crippen molar-refractivity contribution in [3.8, 4) is 0 Å². The fourth-order valence-corrected chi connectivity index (χ4v) is 7.05. The molecule has 0 saturated carbocycles. The molecule has 0 fully saturated rings. The molecule has 0 bridgehead atoms. The van der Waals surface area contributed by atoms with Crippen LogP contribution in [0.25, 0.3) is 0 Å².